The van der Waals surface area contributed by atoms with Gasteiger partial charge in [0.2, 0.25) is 0 Å². The Morgan fingerprint density at radius 3 is 2.83 bits per heavy atom. The van der Waals surface area contributed by atoms with Crippen molar-refractivity contribution in [2.75, 3.05) is 13.7 Å². The van der Waals surface area contributed by atoms with E-state index in [0.29, 0.717) is 18.7 Å². The third-order valence-electron chi connectivity index (χ3n) is 4.11. The molecule has 2 rings (SSSR count). The summed E-state index contributed by atoms with van der Waals surface area (Å²) >= 11 is 0. The molecule has 1 amide bonds. The van der Waals surface area contributed by atoms with Crippen LogP contribution in [0.25, 0.3) is 0 Å². The first-order valence-corrected chi connectivity index (χ1v) is 8.49. The van der Waals surface area contributed by atoms with E-state index in [-0.39, 0.29) is 5.91 Å². The lowest BCUT2D eigenvalue weighted by atomic mass is 9.97. The molecule has 0 spiro atoms. The van der Waals surface area contributed by atoms with Crippen LogP contribution in [0.5, 0.6) is 11.5 Å². The summed E-state index contributed by atoms with van der Waals surface area (Å²) < 4.78 is 11.0. The van der Waals surface area contributed by atoms with Crippen LogP contribution in [0, 0.1) is 0 Å². The van der Waals surface area contributed by atoms with E-state index in [1.807, 2.05) is 25.1 Å². The van der Waals surface area contributed by atoms with E-state index >= 15 is 0 Å². The van der Waals surface area contributed by atoms with Gasteiger partial charge in [-0.2, -0.15) is 0 Å². The van der Waals surface area contributed by atoms with Gasteiger partial charge >= 0.3 is 0 Å². The summed E-state index contributed by atoms with van der Waals surface area (Å²) in [5, 5.41) is 2.99. The number of ether oxygens (including phenoxy) is 2. The van der Waals surface area contributed by atoms with E-state index in [2.05, 4.69) is 11.4 Å². The lowest BCUT2D eigenvalue weighted by Crippen LogP contribution is -2.38. The fourth-order valence-electron chi connectivity index (χ4n) is 2.75. The zero-order valence-corrected chi connectivity index (χ0v) is 14.1. The molecule has 4 nitrogen and oxygen atoms in total. The molecule has 0 saturated carbocycles. The van der Waals surface area contributed by atoms with Crippen molar-refractivity contribution in [1.82, 2.24) is 5.32 Å². The predicted octanol–water partition coefficient (Wildman–Crippen LogP) is 3.86. The second-order valence-corrected chi connectivity index (χ2v) is 5.84. The van der Waals surface area contributed by atoms with E-state index in [1.165, 1.54) is 31.3 Å². The molecule has 1 aliphatic rings. The third kappa shape index (κ3) is 5.62. The average Bonchev–Trinajstić information content (AvgIpc) is 2.60. The molecule has 0 aromatic heterocycles. The monoisotopic (exact) mass is 317 g/mol. The number of carbonyl (C=O) groups excluding carboxylic acids is 1. The number of carbonyl (C=O) groups is 1. The van der Waals surface area contributed by atoms with Crippen molar-refractivity contribution in [2.24, 2.45) is 0 Å². The first-order chi connectivity index (χ1) is 11.2. The van der Waals surface area contributed by atoms with Crippen LogP contribution < -0.4 is 14.8 Å². The number of benzene rings is 1. The molecule has 126 valence electrons. The van der Waals surface area contributed by atoms with Gasteiger partial charge in [-0.1, -0.05) is 24.6 Å². The van der Waals surface area contributed by atoms with E-state index in [0.717, 1.165) is 12.2 Å². The summed E-state index contributed by atoms with van der Waals surface area (Å²) in [5.41, 5.74) is 1.47. The Balaban J connectivity index is 1.81. The molecule has 23 heavy (non-hydrogen) atoms. The lowest BCUT2D eigenvalue weighted by Gasteiger charge is -2.18. The van der Waals surface area contributed by atoms with E-state index in [4.69, 9.17) is 9.47 Å². The Bertz CT molecular complexity index is 539. The minimum Gasteiger partial charge on any atom is -0.497 e. The Hall–Kier alpha value is -1.97. The maximum absolute atomic E-state index is 12.3. The predicted molar refractivity (Wildman–Crippen MR) is 91.9 cm³/mol. The highest BCUT2D eigenvalue weighted by Crippen LogP contribution is 2.21. The molecule has 1 aromatic carbocycles. The van der Waals surface area contributed by atoms with Crippen LogP contribution in [-0.2, 0) is 4.79 Å². The first-order valence-electron chi connectivity index (χ1n) is 8.49. The minimum atomic E-state index is -0.470. The maximum Gasteiger partial charge on any atom is 0.261 e. The van der Waals surface area contributed by atoms with E-state index < -0.39 is 6.10 Å². The van der Waals surface area contributed by atoms with E-state index in [1.54, 1.807) is 13.2 Å². The van der Waals surface area contributed by atoms with Crippen LogP contribution in [0.15, 0.2) is 35.9 Å². The minimum absolute atomic E-state index is 0.0493. The molecule has 1 atom stereocenters. The summed E-state index contributed by atoms with van der Waals surface area (Å²) in [6.07, 6.45) is 8.35. The van der Waals surface area contributed by atoms with Gasteiger partial charge in [0.15, 0.2) is 6.10 Å². The van der Waals surface area contributed by atoms with Crippen LogP contribution in [0.4, 0.5) is 0 Å². The first kappa shape index (κ1) is 17.4. The second kappa shape index (κ2) is 9.23. The highest BCUT2D eigenvalue weighted by Gasteiger charge is 2.18. The van der Waals surface area contributed by atoms with Crippen LogP contribution in [-0.4, -0.2) is 25.7 Å². The topological polar surface area (TPSA) is 47.6 Å². The Kier molecular flexibility index (Phi) is 6.98. The van der Waals surface area contributed by atoms with Crippen molar-refractivity contribution in [3.63, 3.8) is 0 Å². The summed E-state index contributed by atoms with van der Waals surface area (Å²) in [6.45, 7) is 2.64. The van der Waals surface area contributed by atoms with Crippen molar-refractivity contribution >= 4 is 5.91 Å². The van der Waals surface area contributed by atoms with Gasteiger partial charge in [-0.3, -0.25) is 4.79 Å². The van der Waals surface area contributed by atoms with Gasteiger partial charge in [0.25, 0.3) is 5.91 Å². The van der Waals surface area contributed by atoms with Crippen molar-refractivity contribution in [3.8, 4) is 11.5 Å². The molecule has 4 heteroatoms. The molecule has 0 aliphatic heterocycles. The molecule has 1 aromatic rings. The van der Waals surface area contributed by atoms with Crippen LogP contribution in [0.2, 0.25) is 0 Å². The van der Waals surface area contributed by atoms with Gasteiger partial charge in [0, 0.05) is 12.6 Å². The summed E-state index contributed by atoms with van der Waals surface area (Å²) in [7, 11) is 1.61. The summed E-state index contributed by atoms with van der Waals surface area (Å²) in [4.78, 5) is 12.3. The van der Waals surface area contributed by atoms with Crippen molar-refractivity contribution in [1.29, 1.82) is 0 Å². The molecule has 0 saturated heterocycles. The molecule has 0 bridgehead atoms. The number of methoxy groups -OCH3 is 1. The number of hydrogen-bond acceptors (Lipinski definition) is 3. The normalized spacial score (nSPS) is 15.5. The van der Waals surface area contributed by atoms with Gasteiger partial charge in [0.1, 0.15) is 11.5 Å². The van der Waals surface area contributed by atoms with Gasteiger partial charge in [-0.25, -0.2) is 0 Å². The standard InChI is InChI=1S/C19H27NO3/c1-3-18(23-17-11-7-10-16(14-17)22-2)19(21)20-13-12-15-8-5-4-6-9-15/h7-8,10-11,14,18H,3-6,9,12-13H2,1-2H3,(H,20,21)/t18-/m0/s1. The number of nitrogens with one attached hydrogen (secondary N) is 1. The van der Waals surface area contributed by atoms with Gasteiger partial charge in [-0.05, 0) is 50.7 Å². The number of allylic oxidation sites excluding steroid dienone is 1. The fraction of sp³-hybridized carbons (Fsp3) is 0.526. The third-order valence-corrected chi connectivity index (χ3v) is 4.11. The Labute approximate surface area is 138 Å². The SMILES string of the molecule is CC[C@H](Oc1cccc(OC)c1)C(=O)NCCC1=CCCCC1. The zero-order valence-electron chi connectivity index (χ0n) is 14.1. The largest absolute Gasteiger partial charge is 0.497 e. The van der Waals surface area contributed by atoms with Gasteiger partial charge in [-0.15, -0.1) is 0 Å². The van der Waals surface area contributed by atoms with E-state index in [9.17, 15) is 4.79 Å². The second-order valence-electron chi connectivity index (χ2n) is 5.84. The summed E-state index contributed by atoms with van der Waals surface area (Å²) in [6, 6.07) is 7.34. The fourth-order valence-corrected chi connectivity index (χ4v) is 2.75. The van der Waals surface area contributed by atoms with Crippen LogP contribution in [0.1, 0.15) is 45.4 Å². The highest BCUT2D eigenvalue weighted by molar-refractivity contribution is 5.81. The summed E-state index contributed by atoms with van der Waals surface area (Å²) in [5.74, 6) is 1.33. The van der Waals surface area contributed by atoms with Crippen LogP contribution in [0.3, 0.4) is 0 Å². The molecule has 0 unspecified atom stereocenters. The molecule has 0 heterocycles. The number of rotatable bonds is 8. The zero-order chi connectivity index (χ0) is 16.5. The maximum atomic E-state index is 12.3. The van der Waals surface area contributed by atoms with Crippen molar-refractivity contribution < 1.29 is 14.3 Å². The highest BCUT2D eigenvalue weighted by atomic mass is 16.5. The quantitative estimate of drug-likeness (QED) is 0.741. The van der Waals surface area contributed by atoms with Crippen LogP contribution >= 0.6 is 0 Å². The number of hydrogen-bond donors (Lipinski definition) is 1. The smallest absolute Gasteiger partial charge is 0.261 e. The number of amides is 1. The molecular weight excluding hydrogens is 290 g/mol. The van der Waals surface area contributed by atoms with Crippen molar-refractivity contribution in [2.45, 2.75) is 51.6 Å². The molecule has 1 aliphatic carbocycles. The average molecular weight is 317 g/mol. The molecule has 1 N–H and O–H groups in total. The lowest BCUT2D eigenvalue weighted by molar-refractivity contribution is -0.128. The Morgan fingerprint density at radius 2 is 2.13 bits per heavy atom. The van der Waals surface area contributed by atoms with Crippen molar-refractivity contribution in [3.05, 3.63) is 35.9 Å². The molecule has 0 radical (unpaired) electrons. The van der Waals surface area contributed by atoms with Gasteiger partial charge < -0.3 is 14.8 Å². The Morgan fingerprint density at radius 1 is 1.30 bits per heavy atom. The molecule has 0 fully saturated rings. The molecular formula is C19H27NO3. The van der Waals surface area contributed by atoms with Gasteiger partial charge in [0.05, 0.1) is 7.11 Å².